The molecule has 1 aliphatic rings. The zero-order chi connectivity index (χ0) is 32.5. The van der Waals surface area contributed by atoms with Crippen molar-refractivity contribution in [1.82, 2.24) is 0 Å². The van der Waals surface area contributed by atoms with Gasteiger partial charge in [0.25, 0.3) is 0 Å². The number of ketones is 1. The van der Waals surface area contributed by atoms with Crippen LogP contribution in [0.5, 0.6) is 5.75 Å². The van der Waals surface area contributed by atoms with Crippen molar-refractivity contribution < 1.29 is 40.7 Å². The summed E-state index contributed by atoms with van der Waals surface area (Å²) in [5.41, 5.74) is -3.34. The number of allylic oxidation sites excluding steroid dienone is 1. The first-order valence-corrected chi connectivity index (χ1v) is 13.5. The Bertz CT molecular complexity index is 1430. The molecule has 0 aromatic heterocycles. The van der Waals surface area contributed by atoms with Gasteiger partial charge in [-0.1, -0.05) is 92.9 Å². The Labute approximate surface area is 247 Å². The summed E-state index contributed by atoms with van der Waals surface area (Å²) in [5, 5.41) is 0. The number of halogens is 6. The van der Waals surface area contributed by atoms with Gasteiger partial charge in [0.05, 0.1) is 11.1 Å². The van der Waals surface area contributed by atoms with Crippen LogP contribution in [0, 0.1) is 6.92 Å². The molecular formula is C34H34F6O3. The number of esters is 1. The van der Waals surface area contributed by atoms with Crippen molar-refractivity contribution in [3.63, 3.8) is 0 Å². The third kappa shape index (κ3) is 10.3. The summed E-state index contributed by atoms with van der Waals surface area (Å²) >= 11 is 0. The zero-order valence-corrected chi connectivity index (χ0v) is 24.5. The van der Waals surface area contributed by atoms with E-state index in [1.165, 1.54) is 75.9 Å². The molecule has 9 heteroatoms. The van der Waals surface area contributed by atoms with Crippen molar-refractivity contribution in [2.24, 2.45) is 0 Å². The fourth-order valence-corrected chi connectivity index (χ4v) is 3.55. The van der Waals surface area contributed by atoms with Gasteiger partial charge in [-0.2, -0.15) is 26.3 Å². The van der Waals surface area contributed by atoms with Crippen LogP contribution in [-0.4, -0.2) is 11.8 Å². The van der Waals surface area contributed by atoms with Gasteiger partial charge in [-0.25, -0.2) is 4.79 Å². The lowest BCUT2D eigenvalue weighted by atomic mass is 9.88. The van der Waals surface area contributed by atoms with Crippen LogP contribution in [0.3, 0.4) is 0 Å². The Morgan fingerprint density at radius 1 is 0.628 bits per heavy atom. The van der Waals surface area contributed by atoms with Crippen LogP contribution in [0.4, 0.5) is 26.3 Å². The maximum atomic E-state index is 14.0. The molecule has 1 fully saturated rings. The monoisotopic (exact) mass is 604 g/mol. The molecule has 43 heavy (non-hydrogen) atoms. The topological polar surface area (TPSA) is 43.4 Å². The first kappa shape index (κ1) is 35.1. The Morgan fingerprint density at radius 2 is 0.977 bits per heavy atom. The number of alkyl halides is 6. The highest BCUT2D eigenvalue weighted by atomic mass is 19.4. The molecule has 0 spiro atoms. The molecule has 3 nitrogen and oxygen atoms in total. The summed E-state index contributed by atoms with van der Waals surface area (Å²) in [6, 6.07) is 12.6. The van der Waals surface area contributed by atoms with E-state index in [4.69, 9.17) is 4.74 Å². The van der Waals surface area contributed by atoms with Gasteiger partial charge in [0.2, 0.25) is 0 Å². The third-order valence-electron chi connectivity index (χ3n) is 6.46. The second-order valence-electron chi connectivity index (χ2n) is 10.2. The first-order valence-electron chi connectivity index (χ1n) is 13.5. The highest BCUT2D eigenvalue weighted by Gasteiger charge is 2.47. The Kier molecular flexibility index (Phi) is 12.1. The van der Waals surface area contributed by atoms with Crippen molar-refractivity contribution in [3.05, 3.63) is 102 Å². The van der Waals surface area contributed by atoms with Crippen LogP contribution in [0.15, 0.2) is 85.0 Å². The molecule has 0 amide bonds. The van der Waals surface area contributed by atoms with Crippen molar-refractivity contribution in [3.8, 4) is 28.0 Å². The number of benzene rings is 3. The molecule has 1 aliphatic carbocycles. The minimum Gasteiger partial charge on any atom is -0.423 e. The van der Waals surface area contributed by atoms with Crippen molar-refractivity contribution >= 4 is 11.8 Å². The lowest BCUT2D eigenvalue weighted by molar-refractivity contribution is -0.161. The molecule has 1 saturated carbocycles. The molecular weight excluding hydrogens is 570 g/mol. The maximum absolute atomic E-state index is 14.0. The van der Waals surface area contributed by atoms with Crippen LogP contribution >= 0.6 is 0 Å². The lowest BCUT2D eigenvalue weighted by Gasteiger charge is -2.23. The summed E-state index contributed by atoms with van der Waals surface area (Å²) in [6.07, 6.45) is -4.55. The molecule has 0 N–H and O–H groups in total. The van der Waals surface area contributed by atoms with Crippen molar-refractivity contribution in [1.29, 1.82) is 0 Å². The van der Waals surface area contributed by atoms with E-state index < -0.39 is 40.6 Å². The van der Waals surface area contributed by atoms with Crippen molar-refractivity contribution in [2.45, 2.75) is 65.7 Å². The molecule has 0 unspecified atom stereocenters. The van der Waals surface area contributed by atoms with E-state index >= 15 is 0 Å². The number of Topliss-reactive ketones (excluding diaryl/α,β-unsaturated/α-hetero) is 1. The van der Waals surface area contributed by atoms with E-state index in [2.05, 4.69) is 13.2 Å². The largest absolute Gasteiger partial charge is 0.423 e. The maximum Gasteiger partial charge on any atom is 0.417 e. The predicted octanol–water partition coefficient (Wildman–Crippen LogP) is 10.6. The minimum absolute atomic E-state index is 0.0204. The van der Waals surface area contributed by atoms with E-state index in [0.717, 1.165) is 29.8 Å². The Hall–Kier alpha value is -4.14. The van der Waals surface area contributed by atoms with E-state index in [1.807, 2.05) is 0 Å². The number of carbonyl (C=O) groups excluding carboxylic acids is 2. The molecule has 0 aliphatic heterocycles. The third-order valence-corrected chi connectivity index (χ3v) is 6.46. The molecule has 0 atom stereocenters. The number of rotatable bonds is 5. The van der Waals surface area contributed by atoms with E-state index in [9.17, 15) is 35.9 Å². The highest BCUT2D eigenvalue weighted by molar-refractivity contribution is 5.91. The molecule has 0 saturated heterocycles. The number of ether oxygens (including phenoxy) is 1. The molecule has 3 aromatic carbocycles. The Balaban J connectivity index is 0.000000548. The second-order valence-corrected chi connectivity index (χ2v) is 10.2. The van der Waals surface area contributed by atoms with Gasteiger partial charge in [-0.15, -0.1) is 0 Å². The molecule has 3 aromatic rings. The summed E-state index contributed by atoms with van der Waals surface area (Å²) < 4.78 is 89.2. The SMILES string of the molecule is C1CCC1.C=C(C)C(=O)Oc1ccc(-c2ccc(-c3ccc(C)cc3)c(C(F)(F)F)c2C(F)(F)F)cc1.C=C(C)C(C)=O. The van der Waals surface area contributed by atoms with Gasteiger partial charge < -0.3 is 4.74 Å². The molecule has 4 rings (SSSR count). The van der Waals surface area contributed by atoms with Crippen LogP contribution in [-0.2, 0) is 21.9 Å². The van der Waals surface area contributed by atoms with Gasteiger partial charge in [-0.05, 0) is 67.7 Å². The van der Waals surface area contributed by atoms with E-state index in [-0.39, 0.29) is 28.2 Å². The number of aryl methyl sites for hydroxylation is 1. The fraction of sp³-hybridized carbons (Fsp3) is 0.294. The van der Waals surface area contributed by atoms with Gasteiger partial charge in [-0.3, -0.25) is 4.79 Å². The van der Waals surface area contributed by atoms with Crippen LogP contribution < -0.4 is 4.74 Å². The summed E-state index contributed by atoms with van der Waals surface area (Å²) in [6.45, 7) is 13.2. The quantitative estimate of drug-likeness (QED) is 0.126. The summed E-state index contributed by atoms with van der Waals surface area (Å²) in [4.78, 5) is 21.6. The van der Waals surface area contributed by atoms with Gasteiger partial charge in [0, 0.05) is 5.57 Å². The average Bonchev–Trinajstić information content (AvgIpc) is 2.87. The van der Waals surface area contributed by atoms with Gasteiger partial charge >= 0.3 is 18.3 Å². The fourth-order valence-electron chi connectivity index (χ4n) is 3.55. The average molecular weight is 605 g/mol. The zero-order valence-electron chi connectivity index (χ0n) is 24.5. The predicted molar refractivity (Wildman–Crippen MR) is 156 cm³/mol. The second kappa shape index (κ2) is 14.8. The summed E-state index contributed by atoms with van der Waals surface area (Å²) in [5.74, 6) is -0.650. The van der Waals surface area contributed by atoms with Crippen molar-refractivity contribution in [2.75, 3.05) is 0 Å². The molecule has 230 valence electrons. The van der Waals surface area contributed by atoms with Crippen LogP contribution in [0.25, 0.3) is 22.3 Å². The Morgan fingerprint density at radius 3 is 1.26 bits per heavy atom. The molecule has 0 radical (unpaired) electrons. The van der Waals surface area contributed by atoms with E-state index in [1.54, 1.807) is 13.8 Å². The van der Waals surface area contributed by atoms with Crippen LogP contribution in [0.1, 0.15) is 63.1 Å². The first-order chi connectivity index (χ1) is 19.9. The smallest absolute Gasteiger partial charge is 0.417 e. The van der Waals surface area contributed by atoms with E-state index in [0.29, 0.717) is 5.57 Å². The normalized spacial score (nSPS) is 12.4. The standard InChI is InChI=1S/C25H18F6O2.C5H8O.C4H8/c1-14(2)23(32)33-18-10-8-17(9-11-18)20-13-12-19(16-6-4-15(3)5-7-16)21(24(26,27)28)22(20)25(29,30)31;1-4(2)5(3)6;1-2-4-3-1/h4-13H,1H2,2-3H3;1H2,2-3H3;1-4H2. The molecule has 0 heterocycles. The highest BCUT2D eigenvalue weighted by Crippen LogP contribution is 2.49. The lowest BCUT2D eigenvalue weighted by Crippen LogP contribution is -2.19. The van der Waals surface area contributed by atoms with Crippen LogP contribution in [0.2, 0.25) is 0 Å². The number of hydrogen-bond donors (Lipinski definition) is 0. The number of hydrogen-bond acceptors (Lipinski definition) is 3. The number of carbonyl (C=O) groups is 2. The molecule has 0 bridgehead atoms. The van der Waals surface area contributed by atoms with Gasteiger partial charge in [0.1, 0.15) is 5.75 Å². The summed E-state index contributed by atoms with van der Waals surface area (Å²) in [7, 11) is 0. The minimum atomic E-state index is -5.29. The van der Waals surface area contributed by atoms with Gasteiger partial charge in [0.15, 0.2) is 5.78 Å².